The van der Waals surface area contributed by atoms with Gasteiger partial charge in [-0.15, -0.1) is 12.4 Å². The van der Waals surface area contributed by atoms with E-state index in [1.165, 1.54) is 0 Å². The molecular formula is C8H9ClF3NO. The van der Waals surface area contributed by atoms with Crippen LogP contribution < -0.4 is 5.73 Å². The van der Waals surface area contributed by atoms with E-state index in [0.29, 0.717) is 0 Å². The summed E-state index contributed by atoms with van der Waals surface area (Å²) in [6, 6.07) is 0.203. The van der Waals surface area contributed by atoms with Crippen molar-refractivity contribution >= 4 is 12.4 Å². The van der Waals surface area contributed by atoms with Gasteiger partial charge in [0.25, 0.3) is 0 Å². The van der Waals surface area contributed by atoms with Crippen molar-refractivity contribution in [2.24, 2.45) is 5.73 Å². The predicted octanol–water partition coefficient (Wildman–Crippen LogP) is 2.06. The minimum absolute atomic E-state index is 0. The van der Waals surface area contributed by atoms with Crippen molar-refractivity contribution in [3.05, 3.63) is 29.3 Å². The van der Waals surface area contributed by atoms with E-state index in [4.69, 9.17) is 10.8 Å². The third kappa shape index (κ3) is 2.30. The average Bonchev–Trinajstić information content (AvgIpc) is 2.12. The van der Waals surface area contributed by atoms with E-state index in [1.807, 2.05) is 0 Å². The van der Waals surface area contributed by atoms with E-state index in [2.05, 4.69) is 0 Å². The van der Waals surface area contributed by atoms with Crippen molar-refractivity contribution < 1.29 is 18.3 Å². The average molecular weight is 228 g/mol. The first kappa shape index (κ1) is 13.1. The highest BCUT2D eigenvalue weighted by Gasteiger charge is 2.18. The molecule has 0 radical (unpaired) electrons. The zero-order chi connectivity index (χ0) is 10.0. The lowest BCUT2D eigenvalue weighted by molar-refractivity contribution is 0.383. The molecule has 0 bridgehead atoms. The molecule has 0 spiro atoms. The van der Waals surface area contributed by atoms with Gasteiger partial charge in [-0.1, -0.05) is 0 Å². The summed E-state index contributed by atoms with van der Waals surface area (Å²) in [6.07, 6.45) is 0. The van der Waals surface area contributed by atoms with Crippen LogP contribution in [0.15, 0.2) is 12.1 Å². The Bertz CT molecular complexity index is 322. The molecule has 6 heteroatoms. The number of hydrogen-bond acceptors (Lipinski definition) is 2. The van der Waals surface area contributed by atoms with Crippen LogP contribution >= 0.6 is 12.4 Å². The fourth-order valence-electron chi connectivity index (χ4n) is 0.987. The molecule has 1 rings (SSSR count). The molecule has 1 atom stereocenters. The van der Waals surface area contributed by atoms with Crippen molar-refractivity contribution in [3.8, 4) is 5.75 Å². The fourth-order valence-corrected chi connectivity index (χ4v) is 0.987. The van der Waals surface area contributed by atoms with Crippen molar-refractivity contribution in [1.29, 1.82) is 0 Å². The lowest BCUT2D eigenvalue weighted by Gasteiger charge is -2.10. The third-order valence-corrected chi connectivity index (χ3v) is 1.65. The molecule has 0 unspecified atom stereocenters. The second-order valence-corrected chi connectivity index (χ2v) is 2.55. The second-order valence-electron chi connectivity index (χ2n) is 2.55. The number of benzene rings is 1. The second kappa shape index (κ2) is 5.07. The van der Waals surface area contributed by atoms with Crippen LogP contribution in [0.5, 0.6) is 5.75 Å². The van der Waals surface area contributed by atoms with Gasteiger partial charge >= 0.3 is 0 Å². The molecule has 1 aromatic rings. The SMILES string of the molecule is Cl.N[C@@H](CF)c1c(F)ccc(F)c1O. The highest BCUT2D eigenvalue weighted by Crippen LogP contribution is 2.28. The molecule has 0 amide bonds. The van der Waals surface area contributed by atoms with Gasteiger partial charge in [0, 0.05) is 0 Å². The van der Waals surface area contributed by atoms with Crippen molar-refractivity contribution in [2.45, 2.75) is 6.04 Å². The largest absolute Gasteiger partial charge is 0.505 e. The lowest BCUT2D eigenvalue weighted by Crippen LogP contribution is -2.14. The minimum atomic E-state index is -1.34. The topological polar surface area (TPSA) is 46.2 Å². The predicted molar refractivity (Wildman–Crippen MR) is 48.2 cm³/mol. The van der Waals surface area contributed by atoms with Gasteiger partial charge in [0.15, 0.2) is 11.6 Å². The highest BCUT2D eigenvalue weighted by molar-refractivity contribution is 5.85. The number of rotatable bonds is 2. The molecule has 0 aliphatic rings. The molecule has 80 valence electrons. The van der Waals surface area contributed by atoms with E-state index >= 15 is 0 Å². The molecule has 14 heavy (non-hydrogen) atoms. The van der Waals surface area contributed by atoms with Gasteiger partial charge in [-0.25, -0.2) is 13.2 Å². The first-order valence-corrected chi connectivity index (χ1v) is 3.56. The van der Waals surface area contributed by atoms with Crippen molar-refractivity contribution in [1.82, 2.24) is 0 Å². The Morgan fingerprint density at radius 3 is 2.29 bits per heavy atom. The van der Waals surface area contributed by atoms with Gasteiger partial charge in [0.05, 0.1) is 11.6 Å². The van der Waals surface area contributed by atoms with Crippen LogP contribution in [0.25, 0.3) is 0 Å². The van der Waals surface area contributed by atoms with Gasteiger partial charge < -0.3 is 10.8 Å². The number of nitrogens with two attached hydrogens (primary N) is 1. The number of hydrogen-bond donors (Lipinski definition) is 2. The van der Waals surface area contributed by atoms with Crippen LogP contribution in [0.2, 0.25) is 0 Å². The standard InChI is InChI=1S/C8H8F3NO.ClH/c9-3-6(12)7-4(10)1-2-5(11)8(7)13;/h1-2,6,13H,3,12H2;1H/t6-;/m0./s1. The summed E-state index contributed by atoms with van der Waals surface area (Å²) in [5.41, 5.74) is 4.60. The molecule has 0 saturated carbocycles. The summed E-state index contributed by atoms with van der Waals surface area (Å²) in [4.78, 5) is 0. The zero-order valence-corrected chi connectivity index (χ0v) is 7.82. The quantitative estimate of drug-likeness (QED) is 0.813. The molecule has 0 heterocycles. The number of halogens is 4. The number of phenolic OH excluding ortho intramolecular Hbond substituents is 1. The third-order valence-electron chi connectivity index (χ3n) is 1.65. The summed E-state index contributed by atoms with van der Waals surface area (Å²) in [5.74, 6) is -2.85. The van der Waals surface area contributed by atoms with Crippen LogP contribution in [0.1, 0.15) is 11.6 Å². The Labute approximate surface area is 84.9 Å². The minimum Gasteiger partial charge on any atom is -0.505 e. The van der Waals surface area contributed by atoms with Crippen molar-refractivity contribution in [2.75, 3.05) is 6.67 Å². The number of alkyl halides is 1. The normalized spacial score (nSPS) is 12.0. The fraction of sp³-hybridized carbons (Fsp3) is 0.250. The summed E-state index contributed by atoms with van der Waals surface area (Å²) in [6.45, 7) is -1.06. The lowest BCUT2D eigenvalue weighted by atomic mass is 10.1. The Morgan fingerprint density at radius 2 is 1.79 bits per heavy atom. The van der Waals surface area contributed by atoms with Gasteiger partial charge in [-0.3, -0.25) is 0 Å². The molecule has 0 aliphatic heterocycles. The maximum atomic E-state index is 12.9. The smallest absolute Gasteiger partial charge is 0.165 e. The molecule has 1 aromatic carbocycles. The Hall–Kier alpha value is -0.940. The van der Waals surface area contributed by atoms with E-state index < -0.39 is 35.7 Å². The number of phenols is 1. The Balaban J connectivity index is 0.00000169. The first-order chi connectivity index (χ1) is 6.07. The highest BCUT2D eigenvalue weighted by atomic mass is 35.5. The van der Waals surface area contributed by atoms with Gasteiger partial charge in [-0.2, -0.15) is 0 Å². The first-order valence-electron chi connectivity index (χ1n) is 3.56. The van der Waals surface area contributed by atoms with Crippen LogP contribution in [0.4, 0.5) is 13.2 Å². The van der Waals surface area contributed by atoms with Gasteiger partial charge in [-0.05, 0) is 12.1 Å². The maximum absolute atomic E-state index is 12.9. The zero-order valence-electron chi connectivity index (χ0n) is 7.01. The molecule has 0 aliphatic carbocycles. The van der Waals surface area contributed by atoms with Gasteiger partial charge in [0.1, 0.15) is 12.5 Å². The van der Waals surface area contributed by atoms with Crippen molar-refractivity contribution in [3.63, 3.8) is 0 Å². The molecule has 0 aromatic heterocycles. The summed E-state index contributed by atoms with van der Waals surface area (Å²) >= 11 is 0. The molecule has 0 fully saturated rings. The van der Waals surface area contributed by atoms with Gasteiger partial charge in [0.2, 0.25) is 0 Å². The van der Waals surface area contributed by atoms with Crippen LogP contribution in [-0.2, 0) is 0 Å². The monoisotopic (exact) mass is 227 g/mol. The van der Waals surface area contributed by atoms with E-state index in [9.17, 15) is 13.2 Å². The van der Waals surface area contributed by atoms with Crippen LogP contribution in [0, 0.1) is 11.6 Å². The summed E-state index contributed by atoms with van der Waals surface area (Å²) < 4.78 is 37.6. The molecule has 0 saturated heterocycles. The molecular weight excluding hydrogens is 219 g/mol. The summed E-state index contributed by atoms with van der Waals surface area (Å²) in [5, 5.41) is 9.02. The van der Waals surface area contributed by atoms with Crippen LogP contribution in [0.3, 0.4) is 0 Å². The maximum Gasteiger partial charge on any atom is 0.165 e. The Morgan fingerprint density at radius 1 is 1.29 bits per heavy atom. The number of aromatic hydroxyl groups is 1. The van der Waals surface area contributed by atoms with E-state index in [0.717, 1.165) is 12.1 Å². The van der Waals surface area contributed by atoms with E-state index in [-0.39, 0.29) is 12.4 Å². The molecule has 3 N–H and O–H groups in total. The Kier molecular flexibility index (Phi) is 4.73. The molecule has 2 nitrogen and oxygen atoms in total. The van der Waals surface area contributed by atoms with Crippen LogP contribution in [-0.4, -0.2) is 11.8 Å². The van der Waals surface area contributed by atoms with E-state index in [1.54, 1.807) is 0 Å². The summed E-state index contributed by atoms with van der Waals surface area (Å²) in [7, 11) is 0.